The number of hydrogen-bond acceptors (Lipinski definition) is 4. The fraction of sp³-hybridized carbons (Fsp3) is 0.391. The molecule has 0 bridgehead atoms. The molecule has 1 N–H and O–H groups in total. The maximum atomic E-state index is 14.3. The van der Waals surface area contributed by atoms with Crippen LogP contribution in [0.3, 0.4) is 0 Å². The van der Waals surface area contributed by atoms with E-state index in [0.29, 0.717) is 19.1 Å². The molecule has 3 rings (SSSR count). The third-order valence-electron chi connectivity index (χ3n) is 5.40. The van der Waals surface area contributed by atoms with E-state index in [1.807, 2.05) is 30.3 Å². The summed E-state index contributed by atoms with van der Waals surface area (Å²) in [6.07, 6.45) is 3.24. The van der Waals surface area contributed by atoms with Gasteiger partial charge in [-0.1, -0.05) is 30.3 Å². The highest BCUT2D eigenvalue weighted by Crippen LogP contribution is 2.31. The Morgan fingerprint density at radius 1 is 1.13 bits per heavy atom. The van der Waals surface area contributed by atoms with Gasteiger partial charge in [-0.2, -0.15) is 0 Å². The van der Waals surface area contributed by atoms with Gasteiger partial charge in [0.05, 0.1) is 25.0 Å². The molecule has 1 amide bonds. The molecule has 2 aromatic rings. The highest BCUT2D eigenvalue weighted by molar-refractivity contribution is 9.10. The minimum atomic E-state index is -0.606. The van der Waals surface area contributed by atoms with E-state index in [2.05, 4.69) is 26.0 Å². The molecule has 0 radical (unpaired) electrons. The minimum Gasteiger partial charge on any atom is -0.465 e. The summed E-state index contributed by atoms with van der Waals surface area (Å²) < 4.78 is 25.0. The van der Waals surface area contributed by atoms with Gasteiger partial charge >= 0.3 is 5.97 Å². The van der Waals surface area contributed by atoms with Crippen molar-refractivity contribution in [2.45, 2.75) is 32.3 Å². The first kappa shape index (κ1) is 22.4. The first-order chi connectivity index (χ1) is 14.5. The summed E-state index contributed by atoms with van der Waals surface area (Å²) in [5, 5.41) is 2.63. The SMILES string of the molecule is COC(=O)c1cc(NC(=O)[C@H]2CC[C@H](COCc3ccccc3)CC2)c(F)cc1Br. The molecule has 1 fully saturated rings. The topological polar surface area (TPSA) is 64.6 Å². The second kappa shape index (κ2) is 10.7. The highest BCUT2D eigenvalue weighted by Gasteiger charge is 2.27. The minimum absolute atomic E-state index is 0.0167. The van der Waals surface area contributed by atoms with Crippen LogP contribution in [-0.4, -0.2) is 25.6 Å². The zero-order valence-electron chi connectivity index (χ0n) is 16.8. The number of amides is 1. The lowest BCUT2D eigenvalue weighted by atomic mass is 9.82. The maximum Gasteiger partial charge on any atom is 0.339 e. The van der Waals surface area contributed by atoms with Gasteiger partial charge in [0, 0.05) is 17.0 Å². The molecule has 0 heterocycles. The van der Waals surface area contributed by atoms with E-state index in [1.54, 1.807) is 0 Å². The van der Waals surface area contributed by atoms with Gasteiger partial charge in [0.1, 0.15) is 5.82 Å². The monoisotopic (exact) mass is 477 g/mol. The molecule has 0 aliphatic heterocycles. The van der Waals surface area contributed by atoms with Crippen LogP contribution < -0.4 is 5.32 Å². The number of ether oxygens (including phenoxy) is 2. The summed E-state index contributed by atoms with van der Waals surface area (Å²) in [5.74, 6) is -1.19. The van der Waals surface area contributed by atoms with Crippen molar-refractivity contribution in [3.05, 3.63) is 63.9 Å². The van der Waals surface area contributed by atoms with Crippen molar-refractivity contribution in [2.75, 3.05) is 19.0 Å². The summed E-state index contributed by atoms with van der Waals surface area (Å²) in [7, 11) is 1.25. The lowest BCUT2D eigenvalue weighted by molar-refractivity contribution is -0.121. The number of esters is 1. The van der Waals surface area contributed by atoms with E-state index >= 15 is 0 Å². The fourth-order valence-corrected chi connectivity index (χ4v) is 4.13. The first-order valence-corrected chi connectivity index (χ1v) is 10.8. The van der Waals surface area contributed by atoms with Gasteiger partial charge in [0.15, 0.2) is 0 Å². The number of rotatable bonds is 7. The average Bonchev–Trinajstić information content (AvgIpc) is 2.76. The smallest absolute Gasteiger partial charge is 0.339 e. The lowest BCUT2D eigenvalue weighted by Crippen LogP contribution is -2.28. The molecule has 1 aliphatic rings. The number of hydrogen-bond donors (Lipinski definition) is 1. The van der Waals surface area contributed by atoms with E-state index in [1.165, 1.54) is 13.2 Å². The highest BCUT2D eigenvalue weighted by atomic mass is 79.9. The van der Waals surface area contributed by atoms with Crippen LogP contribution >= 0.6 is 15.9 Å². The van der Waals surface area contributed by atoms with E-state index in [0.717, 1.165) is 37.3 Å². The van der Waals surface area contributed by atoms with Gasteiger partial charge in [0.25, 0.3) is 0 Å². The number of carbonyl (C=O) groups excluding carboxylic acids is 2. The molecule has 30 heavy (non-hydrogen) atoms. The predicted molar refractivity (Wildman–Crippen MR) is 116 cm³/mol. The quantitative estimate of drug-likeness (QED) is 0.546. The standard InChI is InChI=1S/C23H25BrFNO4/c1-29-23(28)18-11-21(20(25)12-19(18)24)26-22(27)17-9-7-16(8-10-17)14-30-13-15-5-3-2-4-6-15/h2-6,11-12,16-17H,7-10,13-14H2,1H3,(H,26,27)/t16-,17-. The van der Waals surface area contributed by atoms with Crippen molar-refractivity contribution in [1.29, 1.82) is 0 Å². The van der Waals surface area contributed by atoms with Crippen molar-refractivity contribution in [3.8, 4) is 0 Å². The van der Waals surface area contributed by atoms with Gasteiger partial charge in [-0.3, -0.25) is 4.79 Å². The number of anilines is 1. The summed E-state index contributed by atoms with van der Waals surface area (Å²) in [6.45, 7) is 1.26. The molecule has 0 aromatic heterocycles. The van der Waals surface area contributed by atoms with E-state index in [4.69, 9.17) is 4.74 Å². The molecular weight excluding hydrogens is 453 g/mol. The van der Waals surface area contributed by atoms with Crippen LogP contribution in [0.5, 0.6) is 0 Å². The first-order valence-electron chi connectivity index (χ1n) is 9.97. The fourth-order valence-electron chi connectivity index (χ4n) is 3.65. The second-order valence-corrected chi connectivity index (χ2v) is 8.37. The van der Waals surface area contributed by atoms with Crippen molar-refractivity contribution in [1.82, 2.24) is 0 Å². The Morgan fingerprint density at radius 3 is 2.50 bits per heavy atom. The van der Waals surface area contributed by atoms with Crippen molar-refractivity contribution < 1.29 is 23.5 Å². The van der Waals surface area contributed by atoms with Crippen LogP contribution in [0.4, 0.5) is 10.1 Å². The molecule has 1 aliphatic carbocycles. The third-order valence-corrected chi connectivity index (χ3v) is 6.06. The van der Waals surface area contributed by atoms with Crippen molar-refractivity contribution >= 4 is 33.5 Å². The molecule has 2 aromatic carbocycles. The molecule has 0 saturated heterocycles. The Labute approximate surface area is 184 Å². The van der Waals surface area contributed by atoms with Gasteiger partial charge in [-0.15, -0.1) is 0 Å². The van der Waals surface area contributed by atoms with E-state index in [9.17, 15) is 14.0 Å². The van der Waals surface area contributed by atoms with Gasteiger partial charge in [-0.05, 0) is 65.2 Å². The predicted octanol–water partition coefficient (Wildman–Crippen LogP) is 5.34. The van der Waals surface area contributed by atoms with Crippen LogP contribution in [0.1, 0.15) is 41.6 Å². The molecule has 7 heteroatoms. The zero-order chi connectivity index (χ0) is 21.5. The number of halogens is 2. The Kier molecular flexibility index (Phi) is 7.99. The number of methoxy groups -OCH3 is 1. The lowest BCUT2D eigenvalue weighted by Gasteiger charge is -2.27. The zero-order valence-corrected chi connectivity index (χ0v) is 18.4. The van der Waals surface area contributed by atoms with Crippen LogP contribution in [0, 0.1) is 17.7 Å². The second-order valence-electron chi connectivity index (χ2n) is 7.51. The van der Waals surface area contributed by atoms with Crippen molar-refractivity contribution in [2.24, 2.45) is 11.8 Å². The number of carbonyl (C=O) groups is 2. The molecule has 0 spiro atoms. The average molecular weight is 478 g/mol. The largest absolute Gasteiger partial charge is 0.465 e. The van der Waals surface area contributed by atoms with E-state index < -0.39 is 11.8 Å². The Bertz CT molecular complexity index is 882. The maximum absolute atomic E-state index is 14.3. The molecule has 160 valence electrons. The van der Waals surface area contributed by atoms with Crippen LogP contribution in [0.15, 0.2) is 46.9 Å². The molecule has 0 unspecified atom stereocenters. The van der Waals surface area contributed by atoms with Crippen LogP contribution in [-0.2, 0) is 20.9 Å². The molecule has 1 saturated carbocycles. The summed E-state index contributed by atoms with van der Waals surface area (Å²) in [4.78, 5) is 24.4. The Hall–Kier alpha value is -2.25. The summed E-state index contributed by atoms with van der Waals surface area (Å²) in [6, 6.07) is 12.5. The number of benzene rings is 2. The molecule has 5 nitrogen and oxygen atoms in total. The molecular formula is C23H25BrFNO4. The Balaban J connectivity index is 1.49. The third kappa shape index (κ3) is 5.89. The van der Waals surface area contributed by atoms with Crippen molar-refractivity contribution in [3.63, 3.8) is 0 Å². The van der Waals surface area contributed by atoms with Gasteiger partial charge in [-0.25, -0.2) is 9.18 Å². The Morgan fingerprint density at radius 2 is 1.83 bits per heavy atom. The number of nitrogens with one attached hydrogen (secondary N) is 1. The van der Waals surface area contributed by atoms with E-state index in [-0.39, 0.29) is 27.5 Å². The van der Waals surface area contributed by atoms with Gasteiger partial charge in [0.2, 0.25) is 5.91 Å². The summed E-state index contributed by atoms with van der Waals surface area (Å²) >= 11 is 3.14. The normalized spacial score (nSPS) is 18.6. The molecule has 0 atom stereocenters. The van der Waals surface area contributed by atoms with Gasteiger partial charge < -0.3 is 14.8 Å². The van der Waals surface area contributed by atoms with Crippen LogP contribution in [0.25, 0.3) is 0 Å². The van der Waals surface area contributed by atoms with Crippen LogP contribution in [0.2, 0.25) is 0 Å². The summed E-state index contributed by atoms with van der Waals surface area (Å²) in [5.41, 5.74) is 1.29.